The third kappa shape index (κ3) is 3.65. The lowest BCUT2D eigenvalue weighted by molar-refractivity contribution is 0.148. The number of hydrogen-bond donors (Lipinski definition) is 0. The van der Waals surface area contributed by atoms with Crippen LogP contribution in [0.5, 0.6) is 0 Å². The number of likely N-dealkylation sites (tertiary alicyclic amines) is 1. The SMILES string of the molecule is CC1CCN([C@H](c2ccccn2)c2nnnn2Cc2ccccc2)CC1. The van der Waals surface area contributed by atoms with Crippen LogP contribution in [0.1, 0.15) is 42.9 Å². The number of hydrogen-bond acceptors (Lipinski definition) is 5. The summed E-state index contributed by atoms with van der Waals surface area (Å²) in [5.41, 5.74) is 2.19. The predicted molar refractivity (Wildman–Crippen MR) is 99.4 cm³/mol. The zero-order chi connectivity index (χ0) is 17.8. The molecule has 0 radical (unpaired) electrons. The monoisotopic (exact) mass is 348 g/mol. The van der Waals surface area contributed by atoms with Crippen LogP contribution < -0.4 is 0 Å². The van der Waals surface area contributed by atoms with E-state index in [2.05, 4.69) is 50.5 Å². The average molecular weight is 348 g/mol. The van der Waals surface area contributed by atoms with E-state index in [0.29, 0.717) is 6.54 Å². The Morgan fingerprint density at radius 1 is 1.04 bits per heavy atom. The lowest BCUT2D eigenvalue weighted by Crippen LogP contribution is -2.38. The molecule has 0 N–H and O–H groups in total. The molecule has 1 fully saturated rings. The molecule has 1 saturated heterocycles. The van der Waals surface area contributed by atoms with Gasteiger partial charge in [-0.25, -0.2) is 4.68 Å². The predicted octanol–water partition coefficient (Wildman–Crippen LogP) is 2.94. The van der Waals surface area contributed by atoms with Gasteiger partial charge in [-0.15, -0.1) is 5.10 Å². The molecule has 3 heterocycles. The number of benzene rings is 1. The van der Waals surface area contributed by atoms with Gasteiger partial charge in [-0.05, 0) is 60.0 Å². The molecule has 0 saturated carbocycles. The van der Waals surface area contributed by atoms with Gasteiger partial charge in [-0.1, -0.05) is 43.3 Å². The Kier molecular flexibility index (Phi) is 5.02. The first-order valence-electron chi connectivity index (χ1n) is 9.26. The zero-order valence-corrected chi connectivity index (χ0v) is 15.1. The molecule has 0 bridgehead atoms. The van der Waals surface area contributed by atoms with Gasteiger partial charge in [-0.3, -0.25) is 9.88 Å². The van der Waals surface area contributed by atoms with Crippen molar-refractivity contribution in [1.82, 2.24) is 30.1 Å². The number of rotatable bonds is 5. The van der Waals surface area contributed by atoms with Gasteiger partial charge >= 0.3 is 0 Å². The number of tetrazole rings is 1. The van der Waals surface area contributed by atoms with E-state index >= 15 is 0 Å². The lowest BCUT2D eigenvalue weighted by atomic mass is 9.97. The molecule has 6 nitrogen and oxygen atoms in total. The molecule has 0 unspecified atom stereocenters. The van der Waals surface area contributed by atoms with E-state index in [0.717, 1.165) is 30.5 Å². The number of nitrogens with zero attached hydrogens (tertiary/aromatic N) is 6. The minimum Gasteiger partial charge on any atom is -0.288 e. The second-order valence-corrected chi connectivity index (χ2v) is 7.06. The summed E-state index contributed by atoms with van der Waals surface area (Å²) < 4.78 is 1.91. The van der Waals surface area contributed by atoms with E-state index in [4.69, 9.17) is 0 Å². The van der Waals surface area contributed by atoms with Crippen molar-refractivity contribution >= 4 is 0 Å². The molecule has 0 spiro atoms. The summed E-state index contributed by atoms with van der Waals surface area (Å²) in [7, 11) is 0. The molecular formula is C20H24N6. The van der Waals surface area contributed by atoms with Crippen molar-refractivity contribution in [3.05, 3.63) is 71.8 Å². The largest absolute Gasteiger partial charge is 0.288 e. The van der Waals surface area contributed by atoms with Crippen molar-refractivity contribution < 1.29 is 0 Å². The number of pyridine rings is 1. The van der Waals surface area contributed by atoms with Gasteiger partial charge in [0.2, 0.25) is 0 Å². The molecular weight excluding hydrogens is 324 g/mol. The Bertz CT molecular complexity index is 809. The average Bonchev–Trinajstić information content (AvgIpc) is 3.13. The second kappa shape index (κ2) is 7.74. The normalized spacial score (nSPS) is 17.3. The molecule has 1 aliphatic heterocycles. The van der Waals surface area contributed by atoms with Crippen molar-refractivity contribution in [2.75, 3.05) is 13.1 Å². The highest BCUT2D eigenvalue weighted by molar-refractivity contribution is 5.19. The molecule has 4 rings (SSSR count). The Hall–Kier alpha value is -2.60. The van der Waals surface area contributed by atoms with Gasteiger partial charge in [0.15, 0.2) is 5.82 Å². The quantitative estimate of drug-likeness (QED) is 0.709. The highest BCUT2D eigenvalue weighted by atomic mass is 15.5. The third-order valence-electron chi connectivity index (χ3n) is 5.13. The van der Waals surface area contributed by atoms with Crippen molar-refractivity contribution in [3.63, 3.8) is 0 Å². The van der Waals surface area contributed by atoms with Crippen LogP contribution in [0.3, 0.4) is 0 Å². The van der Waals surface area contributed by atoms with E-state index in [1.807, 2.05) is 41.2 Å². The van der Waals surface area contributed by atoms with Crippen LogP contribution in [0.25, 0.3) is 0 Å². The van der Waals surface area contributed by atoms with E-state index in [-0.39, 0.29) is 6.04 Å². The first-order valence-corrected chi connectivity index (χ1v) is 9.26. The Morgan fingerprint density at radius 3 is 2.54 bits per heavy atom. The van der Waals surface area contributed by atoms with E-state index in [9.17, 15) is 0 Å². The summed E-state index contributed by atoms with van der Waals surface area (Å²) >= 11 is 0. The molecule has 2 aromatic heterocycles. The second-order valence-electron chi connectivity index (χ2n) is 7.06. The highest BCUT2D eigenvalue weighted by Crippen LogP contribution is 2.30. The summed E-state index contributed by atoms with van der Waals surface area (Å²) in [4.78, 5) is 7.09. The smallest absolute Gasteiger partial charge is 0.174 e. The molecule has 1 aromatic carbocycles. The molecule has 134 valence electrons. The van der Waals surface area contributed by atoms with Crippen LogP contribution in [0.4, 0.5) is 0 Å². The summed E-state index contributed by atoms with van der Waals surface area (Å²) in [6, 6.07) is 16.4. The fraction of sp³-hybridized carbons (Fsp3) is 0.400. The van der Waals surface area contributed by atoms with Crippen molar-refractivity contribution in [1.29, 1.82) is 0 Å². The Morgan fingerprint density at radius 2 is 1.81 bits per heavy atom. The van der Waals surface area contributed by atoms with Gasteiger partial charge < -0.3 is 0 Å². The summed E-state index contributed by atoms with van der Waals surface area (Å²) in [6.45, 7) is 5.07. The van der Waals surface area contributed by atoms with Gasteiger partial charge in [0, 0.05) is 6.20 Å². The van der Waals surface area contributed by atoms with Gasteiger partial charge in [0.1, 0.15) is 6.04 Å². The molecule has 6 heteroatoms. The van der Waals surface area contributed by atoms with Crippen LogP contribution in [-0.4, -0.2) is 43.2 Å². The first kappa shape index (κ1) is 16.8. The van der Waals surface area contributed by atoms with E-state index in [1.54, 1.807) is 0 Å². The maximum Gasteiger partial charge on any atom is 0.174 e. The maximum absolute atomic E-state index is 4.63. The minimum atomic E-state index is -0.0117. The van der Waals surface area contributed by atoms with Gasteiger partial charge in [0.05, 0.1) is 12.2 Å². The van der Waals surface area contributed by atoms with Crippen LogP contribution in [0.2, 0.25) is 0 Å². The van der Waals surface area contributed by atoms with Crippen LogP contribution in [0, 0.1) is 5.92 Å². The summed E-state index contributed by atoms with van der Waals surface area (Å²) in [5, 5.41) is 12.7. The maximum atomic E-state index is 4.63. The third-order valence-corrected chi connectivity index (χ3v) is 5.13. The summed E-state index contributed by atoms with van der Waals surface area (Å²) in [6.07, 6.45) is 4.24. The van der Waals surface area contributed by atoms with Crippen LogP contribution >= 0.6 is 0 Å². The van der Waals surface area contributed by atoms with E-state index < -0.39 is 0 Å². The van der Waals surface area contributed by atoms with Crippen molar-refractivity contribution in [3.8, 4) is 0 Å². The number of piperidine rings is 1. The number of aromatic nitrogens is 5. The topological polar surface area (TPSA) is 59.7 Å². The zero-order valence-electron chi connectivity index (χ0n) is 15.1. The van der Waals surface area contributed by atoms with Crippen LogP contribution in [-0.2, 0) is 6.54 Å². The fourth-order valence-electron chi connectivity index (χ4n) is 3.58. The lowest BCUT2D eigenvalue weighted by Gasteiger charge is -2.35. The molecule has 1 atom stereocenters. The fourth-order valence-corrected chi connectivity index (χ4v) is 3.58. The first-order chi connectivity index (χ1) is 12.8. The Balaban J connectivity index is 1.67. The summed E-state index contributed by atoms with van der Waals surface area (Å²) in [5.74, 6) is 1.64. The molecule has 1 aliphatic rings. The highest BCUT2D eigenvalue weighted by Gasteiger charge is 2.31. The standard InChI is InChI=1S/C20H24N6/c1-16-10-13-25(14-11-16)19(18-9-5-6-12-21-18)20-22-23-24-26(20)15-17-7-3-2-4-8-17/h2-9,12,16,19H,10-11,13-15H2,1H3/t19-/m1/s1. The van der Waals surface area contributed by atoms with Crippen LogP contribution in [0.15, 0.2) is 54.7 Å². The minimum absolute atomic E-state index is 0.0117. The van der Waals surface area contributed by atoms with Gasteiger partial charge in [0.25, 0.3) is 0 Å². The molecule has 0 aliphatic carbocycles. The molecule has 3 aromatic rings. The van der Waals surface area contributed by atoms with Crippen molar-refractivity contribution in [2.24, 2.45) is 5.92 Å². The van der Waals surface area contributed by atoms with Crippen molar-refractivity contribution in [2.45, 2.75) is 32.4 Å². The Labute approximate surface area is 153 Å². The molecule has 26 heavy (non-hydrogen) atoms. The van der Waals surface area contributed by atoms with Gasteiger partial charge in [-0.2, -0.15) is 0 Å². The molecule has 0 amide bonds. The van der Waals surface area contributed by atoms with E-state index in [1.165, 1.54) is 18.4 Å².